The highest BCUT2D eigenvalue weighted by Gasteiger charge is 2.01. The Kier molecular flexibility index (Phi) is 3.46. The predicted octanol–water partition coefficient (Wildman–Crippen LogP) is 3.72. The summed E-state index contributed by atoms with van der Waals surface area (Å²) in [5.41, 5.74) is 3.01. The van der Waals surface area contributed by atoms with Crippen molar-refractivity contribution in [1.29, 1.82) is 5.26 Å². The average Bonchev–Trinajstić information content (AvgIpc) is 2.34. The number of aryl methyl sites for hydroxylation is 2. The fourth-order valence-corrected chi connectivity index (χ4v) is 2.34. The second-order valence-electron chi connectivity index (χ2n) is 3.82. The molecule has 0 aliphatic heterocycles. The molecule has 0 aliphatic rings. The SMILES string of the molecule is Cc1ccc(Sc2cccc(C#N)n2)cc1C. The maximum Gasteiger partial charge on any atom is 0.141 e. The molecule has 0 radical (unpaired) electrons. The van der Waals surface area contributed by atoms with E-state index in [9.17, 15) is 0 Å². The molecule has 0 bridgehead atoms. The van der Waals surface area contributed by atoms with Crippen molar-refractivity contribution in [3.8, 4) is 6.07 Å². The summed E-state index contributed by atoms with van der Waals surface area (Å²) in [6, 6.07) is 13.9. The Morgan fingerprint density at radius 1 is 1.12 bits per heavy atom. The normalized spacial score (nSPS) is 9.94. The number of benzene rings is 1. The largest absolute Gasteiger partial charge is 0.230 e. The molecule has 1 heterocycles. The van der Waals surface area contributed by atoms with Gasteiger partial charge in [0.1, 0.15) is 16.8 Å². The molecule has 2 nitrogen and oxygen atoms in total. The Bertz CT molecular complexity index is 585. The zero-order chi connectivity index (χ0) is 12.3. The predicted molar refractivity (Wildman–Crippen MR) is 69.0 cm³/mol. The van der Waals surface area contributed by atoms with Crippen molar-refractivity contribution < 1.29 is 0 Å². The first-order valence-corrected chi connectivity index (χ1v) is 6.13. The summed E-state index contributed by atoms with van der Waals surface area (Å²) < 4.78 is 0. The number of nitrogens with zero attached hydrogens (tertiary/aromatic N) is 2. The molecule has 0 spiro atoms. The Balaban J connectivity index is 2.25. The van der Waals surface area contributed by atoms with Crippen molar-refractivity contribution in [2.75, 3.05) is 0 Å². The van der Waals surface area contributed by atoms with Gasteiger partial charge in [0, 0.05) is 4.90 Å². The summed E-state index contributed by atoms with van der Waals surface area (Å²) in [7, 11) is 0. The van der Waals surface area contributed by atoms with E-state index in [1.807, 2.05) is 18.2 Å². The van der Waals surface area contributed by atoms with Crippen LogP contribution in [0.2, 0.25) is 0 Å². The lowest BCUT2D eigenvalue weighted by molar-refractivity contribution is 1.10. The van der Waals surface area contributed by atoms with Gasteiger partial charge < -0.3 is 0 Å². The lowest BCUT2D eigenvalue weighted by Gasteiger charge is -2.04. The topological polar surface area (TPSA) is 36.7 Å². The third-order valence-electron chi connectivity index (χ3n) is 2.54. The summed E-state index contributed by atoms with van der Waals surface area (Å²) in [5.74, 6) is 0. The van der Waals surface area contributed by atoms with Gasteiger partial charge in [0.2, 0.25) is 0 Å². The minimum absolute atomic E-state index is 0.457. The molecule has 0 amide bonds. The van der Waals surface area contributed by atoms with Crippen LogP contribution < -0.4 is 0 Å². The molecule has 17 heavy (non-hydrogen) atoms. The summed E-state index contributed by atoms with van der Waals surface area (Å²) in [6.07, 6.45) is 0. The summed E-state index contributed by atoms with van der Waals surface area (Å²) in [6.45, 7) is 4.19. The van der Waals surface area contributed by atoms with Crippen LogP contribution >= 0.6 is 11.8 Å². The standard InChI is InChI=1S/C14H12N2S/c1-10-6-7-13(8-11(10)2)17-14-5-3-4-12(9-15)16-14/h3-8H,1-2H3. The quantitative estimate of drug-likeness (QED) is 0.802. The molecule has 3 heteroatoms. The van der Waals surface area contributed by atoms with Crippen LogP contribution in [0.3, 0.4) is 0 Å². The molecule has 0 fully saturated rings. The smallest absolute Gasteiger partial charge is 0.141 e. The molecule has 84 valence electrons. The van der Waals surface area contributed by atoms with Crippen LogP contribution in [-0.4, -0.2) is 4.98 Å². The molecular formula is C14H12N2S. The number of nitriles is 1. The minimum atomic E-state index is 0.457. The van der Waals surface area contributed by atoms with Gasteiger partial charge in [-0.2, -0.15) is 5.26 Å². The second kappa shape index (κ2) is 5.03. The first-order chi connectivity index (χ1) is 8.19. The Morgan fingerprint density at radius 2 is 1.94 bits per heavy atom. The van der Waals surface area contributed by atoms with Gasteiger partial charge in [-0.3, -0.25) is 0 Å². The van der Waals surface area contributed by atoms with Gasteiger partial charge >= 0.3 is 0 Å². The van der Waals surface area contributed by atoms with E-state index in [1.165, 1.54) is 11.1 Å². The van der Waals surface area contributed by atoms with Crippen molar-refractivity contribution in [2.24, 2.45) is 0 Å². The van der Waals surface area contributed by atoms with Crippen molar-refractivity contribution in [2.45, 2.75) is 23.8 Å². The molecule has 2 rings (SSSR count). The van der Waals surface area contributed by atoms with Crippen molar-refractivity contribution in [3.63, 3.8) is 0 Å². The highest BCUT2D eigenvalue weighted by Crippen LogP contribution is 2.27. The maximum atomic E-state index is 8.79. The van der Waals surface area contributed by atoms with Gasteiger partial charge in [-0.05, 0) is 49.2 Å². The van der Waals surface area contributed by atoms with E-state index in [0.29, 0.717) is 5.69 Å². The molecule has 2 aromatic rings. The number of rotatable bonds is 2. The fraction of sp³-hybridized carbons (Fsp3) is 0.143. The van der Waals surface area contributed by atoms with E-state index in [2.05, 4.69) is 37.0 Å². The van der Waals surface area contributed by atoms with Crippen LogP contribution in [0, 0.1) is 25.2 Å². The van der Waals surface area contributed by atoms with E-state index >= 15 is 0 Å². The molecule has 0 aliphatic carbocycles. The van der Waals surface area contributed by atoms with Crippen LogP contribution in [-0.2, 0) is 0 Å². The van der Waals surface area contributed by atoms with Gasteiger partial charge in [-0.1, -0.05) is 23.9 Å². The number of hydrogen-bond donors (Lipinski definition) is 0. The number of aromatic nitrogens is 1. The molecule has 0 N–H and O–H groups in total. The summed E-state index contributed by atoms with van der Waals surface area (Å²) in [5, 5.41) is 9.64. The van der Waals surface area contributed by atoms with E-state index in [1.54, 1.807) is 17.8 Å². The fourth-order valence-electron chi connectivity index (χ4n) is 1.43. The van der Waals surface area contributed by atoms with E-state index in [0.717, 1.165) is 9.92 Å². The van der Waals surface area contributed by atoms with E-state index in [-0.39, 0.29) is 0 Å². The number of pyridine rings is 1. The molecule has 1 aromatic heterocycles. The summed E-state index contributed by atoms with van der Waals surface area (Å²) in [4.78, 5) is 5.39. The van der Waals surface area contributed by atoms with Crippen LogP contribution in [0.4, 0.5) is 0 Å². The second-order valence-corrected chi connectivity index (χ2v) is 4.91. The molecule has 0 atom stereocenters. The third kappa shape index (κ3) is 2.86. The summed E-state index contributed by atoms with van der Waals surface area (Å²) >= 11 is 1.58. The van der Waals surface area contributed by atoms with Crippen LogP contribution in [0.5, 0.6) is 0 Å². The highest BCUT2D eigenvalue weighted by atomic mass is 32.2. The van der Waals surface area contributed by atoms with Gasteiger partial charge in [-0.15, -0.1) is 0 Å². The molecule has 0 saturated heterocycles. The highest BCUT2D eigenvalue weighted by molar-refractivity contribution is 7.99. The Labute approximate surface area is 105 Å². The van der Waals surface area contributed by atoms with Gasteiger partial charge in [0.25, 0.3) is 0 Å². The van der Waals surface area contributed by atoms with Gasteiger partial charge in [-0.25, -0.2) is 4.98 Å². The minimum Gasteiger partial charge on any atom is -0.230 e. The van der Waals surface area contributed by atoms with Crippen molar-refractivity contribution in [3.05, 3.63) is 53.2 Å². The molecule has 0 unspecified atom stereocenters. The monoisotopic (exact) mass is 240 g/mol. The van der Waals surface area contributed by atoms with Gasteiger partial charge in [0.15, 0.2) is 0 Å². The number of hydrogen-bond acceptors (Lipinski definition) is 3. The Morgan fingerprint density at radius 3 is 2.65 bits per heavy atom. The molecule has 0 saturated carbocycles. The van der Waals surface area contributed by atoms with Crippen LogP contribution in [0.1, 0.15) is 16.8 Å². The third-order valence-corrected chi connectivity index (χ3v) is 3.47. The lowest BCUT2D eigenvalue weighted by atomic mass is 10.1. The first-order valence-electron chi connectivity index (χ1n) is 5.31. The van der Waals surface area contributed by atoms with E-state index in [4.69, 9.17) is 5.26 Å². The zero-order valence-corrected chi connectivity index (χ0v) is 10.6. The van der Waals surface area contributed by atoms with Crippen LogP contribution in [0.15, 0.2) is 46.3 Å². The lowest BCUT2D eigenvalue weighted by Crippen LogP contribution is -1.85. The maximum absolute atomic E-state index is 8.79. The van der Waals surface area contributed by atoms with Crippen molar-refractivity contribution in [1.82, 2.24) is 4.98 Å². The first kappa shape index (κ1) is 11.7. The van der Waals surface area contributed by atoms with Crippen LogP contribution in [0.25, 0.3) is 0 Å². The average molecular weight is 240 g/mol. The zero-order valence-electron chi connectivity index (χ0n) is 9.77. The molecular weight excluding hydrogens is 228 g/mol. The van der Waals surface area contributed by atoms with Crippen molar-refractivity contribution >= 4 is 11.8 Å². The van der Waals surface area contributed by atoms with Gasteiger partial charge in [0.05, 0.1) is 0 Å². The van der Waals surface area contributed by atoms with E-state index < -0.39 is 0 Å². The Hall–Kier alpha value is -1.79. The molecule has 1 aromatic carbocycles.